The number of nitrogens with zero attached hydrogens (tertiary/aromatic N) is 1. The lowest BCUT2D eigenvalue weighted by Crippen LogP contribution is -2.23. The molecule has 0 aliphatic heterocycles. The van der Waals surface area contributed by atoms with Crippen LogP contribution in [0.25, 0.3) is 0 Å². The minimum Gasteiger partial charge on any atom is -0.376 e. The summed E-state index contributed by atoms with van der Waals surface area (Å²) in [7, 11) is 0. The lowest BCUT2D eigenvalue weighted by Gasteiger charge is -2.25. The van der Waals surface area contributed by atoms with Crippen LogP contribution < -0.4 is 0 Å². The van der Waals surface area contributed by atoms with Gasteiger partial charge >= 0.3 is 0 Å². The van der Waals surface area contributed by atoms with Crippen LogP contribution in [-0.2, 0) is 16.8 Å². The predicted octanol–water partition coefficient (Wildman–Crippen LogP) is 6.49. The second kappa shape index (κ2) is 8.70. The fourth-order valence-corrected chi connectivity index (χ4v) is 5.47. The SMILES string of the molecule is CC(C)(C)c1ccc(C2C(Cl)CC(Cl)C2COCc2cccs2)c([N+](=O)[O-])c1. The smallest absolute Gasteiger partial charge is 0.273 e. The molecule has 0 spiro atoms. The van der Waals surface area contributed by atoms with E-state index in [0.717, 1.165) is 10.4 Å². The summed E-state index contributed by atoms with van der Waals surface area (Å²) in [5.41, 5.74) is 1.54. The van der Waals surface area contributed by atoms with E-state index in [9.17, 15) is 10.1 Å². The van der Waals surface area contributed by atoms with Gasteiger partial charge in [0.2, 0.25) is 0 Å². The van der Waals surface area contributed by atoms with Crippen LogP contribution in [0.1, 0.15) is 49.1 Å². The van der Waals surface area contributed by atoms with Crippen molar-refractivity contribution in [2.24, 2.45) is 5.92 Å². The van der Waals surface area contributed by atoms with Crippen molar-refractivity contribution >= 4 is 40.2 Å². The van der Waals surface area contributed by atoms with Gasteiger partial charge in [0.05, 0.1) is 18.1 Å². The molecule has 7 heteroatoms. The van der Waals surface area contributed by atoms with E-state index < -0.39 is 0 Å². The van der Waals surface area contributed by atoms with Crippen molar-refractivity contribution in [3.8, 4) is 0 Å². The van der Waals surface area contributed by atoms with Gasteiger partial charge in [0.25, 0.3) is 5.69 Å². The van der Waals surface area contributed by atoms with E-state index in [0.29, 0.717) is 25.2 Å². The third kappa shape index (κ3) is 4.70. The molecule has 28 heavy (non-hydrogen) atoms. The number of nitro benzene ring substituents is 1. The van der Waals surface area contributed by atoms with Crippen LogP contribution in [0, 0.1) is 16.0 Å². The van der Waals surface area contributed by atoms with Gasteiger partial charge in [-0.1, -0.05) is 39.0 Å². The lowest BCUT2D eigenvalue weighted by atomic mass is 9.82. The molecular formula is C21H25Cl2NO3S. The van der Waals surface area contributed by atoms with E-state index in [1.807, 2.05) is 50.4 Å². The van der Waals surface area contributed by atoms with Gasteiger partial charge in [-0.15, -0.1) is 34.5 Å². The van der Waals surface area contributed by atoms with Gasteiger partial charge in [-0.25, -0.2) is 0 Å². The number of benzene rings is 1. The van der Waals surface area contributed by atoms with Crippen molar-refractivity contribution in [2.45, 2.75) is 55.9 Å². The van der Waals surface area contributed by atoms with Crippen molar-refractivity contribution in [1.29, 1.82) is 0 Å². The van der Waals surface area contributed by atoms with Crippen molar-refractivity contribution in [1.82, 2.24) is 0 Å². The summed E-state index contributed by atoms with van der Waals surface area (Å²) in [6.07, 6.45) is 0.610. The van der Waals surface area contributed by atoms with Crippen LogP contribution in [0.4, 0.5) is 5.69 Å². The van der Waals surface area contributed by atoms with Crippen LogP contribution in [0.2, 0.25) is 0 Å². The molecule has 1 aliphatic carbocycles. The van der Waals surface area contributed by atoms with Crippen molar-refractivity contribution < 1.29 is 9.66 Å². The third-order valence-electron chi connectivity index (χ3n) is 5.35. The first-order valence-corrected chi connectivity index (χ1v) is 11.1. The zero-order chi connectivity index (χ0) is 20.5. The highest BCUT2D eigenvalue weighted by molar-refractivity contribution is 7.09. The summed E-state index contributed by atoms with van der Waals surface area (Å²) in [5, 5.41) is 13.4. The molecule has 1 heterocycles. The maximum Gasteiger partial charge on any atom is 0.273 e. The second-order valence-electron chi connectivity index (χ2n) is 8.33. The molecule has 1 aromatic heterocycles. The molecule has 0 amide bonds. The summed E-state index contributed by atoms with van der Waals surface area (Å²) in [6.45, 7) is 7.08. The first-order valence-electron chi connectivity index (χ1n) is 9.35. The third-order valence-corrected chi connectivity index (χ3v) is 7.15. The normalized spacial score (nSPS) is 25.2. The van der Waals surface area contributed by atoms with Gasteiger partial charge in [-0.05, 0) is 28.8 Å². The minimum absolute atomic E-state index is 0.0664. The first kappa shape index (κ1) is 21.6. The largest absolute Gasteiger partial charge is 0.376 e. The number of hydrogen-bond acceptors (Lipinski definition) is 4. The van der Waals surface area contributed by atoms with Gasteiger partial charge in [0.15, 0.2) is 0 Å². The van der Waals surface area contributed by atoms with E-state index in [-0.39, 0.29) is 38.6 Å². The average molecular weight is 442 g/mol. The molecule has 4 nitrogen and oxygen atoms in total. The Balaban J connectivity index is 1.87. The van der Waals surface area contributed by atoms with Gasteiger partial charge in [-0.3, -0.25) is 10.1 Å². The fourth-order valence-electron chi connectivity index (χ4n) is 3.80. The fraction of sp³-hybridized carbons (Fsp3) is 0.524. The zero-order valence-electron chi connectivity index (χ0n) is 16.2. The Morgan fingerprint density at radius 3 is 2.61 bits per heavy atom. The van der Waals surface area contributed by atoms with Gasteiger partial charge in [-0.2, -0.15) is 0 Å². The van der Waals surface area contributed by atoms with Gasteiger partial charge in [0.1, 0.15) is 0 Å². The molecule has 4 atom stereocenters. The number of thiophene rings is 1. The molecule has 1 saturated carbocycles. The number of nitro groups is 1. The molecule has 0 N–H and O–H groups in total. The average Bonchev–Trinajstić information content (AvgIpc) is 3.22. The Labute approximate surface area is 180 Å². The Bertz CT molecular complexity index is 820. The molecular weight excluding hydrogens is 417 g/mol. The molecule has 3 rings (SSSR count). The quantitative estimate of drug-likeness (QED) is 0.292. The first-order chi connectivity index (χ1) is 13.2. The maximum atomic E-state index is 11.8. The molecule has 0 radical (unpaired) electrons. The van der Waals surface area contributed by atoms with Crippen LogP contribution in [-0.4, -0.2) is 22.3 Å². The molecule has 1 aromatic carbocycles. The number of ether oxygens (including phenoxy) is 1. The van der Waals surface area contributed by atoms with E-state index in [4.69, 9.17) is 27.9 Å². The van der Waals surface area contributed by atoms with Crippen molar-refractivity contribution in [2.75, 3.05) is 6.61 Å². The predicted molar refractivity (Wildman–Crippen MR) is 116 cm³/mol. The minimum atomic E-state index is -0.306. The second-order valence-corrected chi connectivity index (χ2v) is 10.5. The van der Waals surface area contributed by atoms with Gasteiger partial charge < -0.3 is 4.74 Å². The Kier molecular flexibility index (Phi) is 6.70. The maximum absolute atomic E-state index is 11.8. The lowest BCUT2D eigenvalue weighted by molar-refractivity contribution is -0.385. The Hall–Kier alpha value is -1.14. The molecule has 1 fully saturated rings. The van der Waals surface area contributed by atoms with Crippen molar-refractivity contribution in [3.05, 3.63) is 61.8 Å². The van der Waals surface area contributed by atoms with E-state index in [1.54, 1.807) is 17.4 Å². The number of hydrogen-bond donors (Lipinski definition) is 0. The summed E-state index contributed by atoms with van der Waals surface area (Å²) in [5.74, 6) is -0.273. The Morgan fingerprint density at radius 1 is 1.25 bits per heavy atom. The molecule has 152 valence electrons. The molecule has 1 aliphatic rings. The Morgan fingerprint density at radius 2 is 2.00 bits per heavy atom. The number of rotatable bonds is 6. The van der Waals surface area contributed by atoms with Crippen molar-refractivity contribution in [3.63, 3.8) is 0 Å². The van der Waals surface area contributed by atoms with E-state index in [1.165, 1.54) is 0 Å². The standard InChI is InChI=1S/C21H25Cl2NO3S/c1-21(2,3)13-6-7-15(19(9-13)24(25)26)20-16(17(22)10-18(20)23)12-27-11-14-5-4-8-28-14/h4-9,16-18,20H,10-12H2,1-3H3. The monoisotopic (exact) mass is 441 g/mol. The van der Waals surface area contributed by atoms with Crippen LogP contribution in [0.5, 0.6) is 0 Å². The van der Waals surface area contributed by atoms with Crippen LogP contribution >= 0.6 is 34.5 Å². The summed E-state index contributed by atoms with van der Waals surface area (Å²) in [6, 6.07) is 9.53. The molecule has 4 unspecified atom stereocenters. The highest BCUT2D eigenvalue weighted by Crippen LogP contribution is 2.48. The summed E-state index contributed by atoms with van der Waals surface area (Å²) >= 11 is 14.8. The zero-order valence-corrected chi connectivity index (χ0v) is 18.6. The highest BCUT2D eigenvalue weighted by atomic mass is 35.5. The topological polar surface area (TPSA) is 52.4 Å². The van der Waals surface area contributed by atoms with E-state index in [2.05, 4.69) is 0 Å². The summed E-state index contributed by atoms with van der Waals surface area (Å²) < 4.78 is 5.91. The van der Waals surface area contributed by atoms with Crippen LogP contribution in [0.15, 0.2) is 35.7 Å². The number of alkyl halides is 2. The van der Waals surface area contributed by atoms with E-state index >= 15 is 0 Å². The summed E-state index contributed by atoms with van der Waals surface area (Å²) in [4.78, 5) is 12.7. The van der Waals surface area contributed by atoms with Crippen LogP contribution in [0.3, 0.4) is 0 Å². The molecule has 2 aromatic rings. The molecule has 0 bridgehead atoms. The number of halogens is 2. The highest BCUT2D eigenvalue weighted by Gasteiger charge is 2.45. The van der Waals surface area contributed by atoms with Gasteiger partial charge in [0, 0.05) is 39.1 Å². The molecule has 0 saturated heterocycles.